The van der Waals surface area contributed by atoms with Gasteiger partial charge in [-0.3, -0.25) is 0 Å². The minimum absolute atomic E-state index is 0.955. The summed E-state index contributed by atoms with van der Waals surface area (Å²) < 4.78 is 0. The first-order valence-electron chi connectivity index (χ1n) is 6.31. The topological polar surface area (TPSA) is 37.8 Å². The minimum atomic E-state index is 0.955. The van der Waals surface area contributed by atoms with Crippen LogP contribution in [-0.2, 0) is 6.42 Å². The minimum Gasteiger partial charge on any atom is -0.317 e. The second kappa shape index (κ2) is 6.07. The largest absolute Gasteiger partial charge is 0.317 e. The Morgan fingerprint density at radius 1 is 1.17 bits per heavy atom. The van der Waals surface area contributed by atoms with Gasteiger partial charge in [-0.25, -0.2) is 0 Å². The van der Waals surface area contributed by atoms with Crippen LogP contribution in [0.15, 0.2) is 18.2 Å². The van der Waals surface area contributed by atoms with Crippen LogP contribution >= 0.6 is 11.3 Å². The van der Waals surface area contributed by atoms with Crippen LogP contribution in [0.5, 0.6) is 0 Å². The van der Waals surface area contributed by atoms with Gasteiger partial charge in [-0.1, -0.05) is 30.4 Å². The molecule has 0 saturated carbocycles. The van der Waals surface area contributed by atoms with Gasteiger partial charge >= 0.3 is 0 Å². The van der Waals surface area contributed by atoms with E-state index >= 15 is 0 Å². The van der Waals surface area contributed by atoms with Crippen molar-refractivity contribution in [3.05, 3.63) is 34.3 Å². The van der Waals surface area contributed by atoms with Gasteiger partial charge in [0.1, 0.15) is 10.0 Å². The molecule has 0 amide bonds. The highest BCUT2D eigenvalue weighted by atomic mass is 32.1. The summed E-state index contributed by atoms with van der Waals surface area (Å²) in [5.74, 6) is 0. The van der Waals surface area contributed by atoms with Gasteiger partial charge in [0.05, 0.1) is 0 Å². The number of hydrogen-bond donors (Lipinski definition) is 1. The Balaban J connectivity index is 2.11. The molecule has 1 aromatic carbocycles. The van der Waals surface area contributed by atoms with Gasteiger partial charge in [0.15, 0.2) is 0 Å². The van der Waals surface area contributed by atoms with E-state index in [4.69, 9.17) is 0 Å². The van der Waals surface area contributed by atoms with E-state index in [1.54, 1.807) is 11.3 Å². The number of aromatic nitrogens is 2. The third-order valence-corrected chi connectivity index (χ3v) is 4.02. The Morgan fingerprint density at radius 3 is 2.72 bits per heavy atom. The molecule has 3 nitrogen and oxygen atoms in total. The lowest BCUT2D eigenvalue weighted by atomic mass is 10.1. The number of likely N-dealkylation sites (N-methyl/N-ethyl adjacent to an activating group) is 1. The first kappa shape index (κ1) is 13.2. The molecule has 1 aromatic heterocycles. The Morgan fingerprint density at radius 2 is 2.00 bits per heavy atom. The van der Waals surface area contributed by atoms with Crippen molar-refractivity contribution in [2.24, 2.45) is 0 Å². The number of nitrogens with zero attached hydrogens (tertiary/aromatic N) is 2. The van der Waals surface area contributed by atoms with Gasteiger partial charge < -0.3 is 5.32 Å². The molecule has 0 aliphatic carbocycles. The maximum Gasteiger partial charge on any atom is 0.147 e. The smallest absolute Gasteiger partial charge is 0.147 e. The summed E-state index contributed by atoms with van der Waals surface area (Å²) in [6.45, 7) is 8.34. The fraction of sp³-hybridized carbons (Fsp3) is 0.429. The summed E-state index contributed by atoms with van der Waals surface area (Å²) >= 11 is 1.69. The lowest BCUT2D eigenvalue weighted by Gasteiger charge is -2.01. The Bertz CT molecular complexity index is 520. The first-order valence-corrected chi connectivity index (χ1v) is 7.13. The number of aryl methyl sites for hydroxylation is 2. The summed E-state index contributed by atoms with van der Waals surface area (Å²) in [5, 5.41) is 13.9. The van der Waals surface area contributed by atoms with Crippen molar-refractivity contribution in [2.45, 2.75) is 27.2 Å². The fourth-order valence-corrected chi connectivity index (χ4v) is 2.55. The molecule has 0 aliphatic heterocycles. The maximum atomic E-state index is 4.28. The molecule has 96 valence electrons. The predicted molar refractivity (Wildman–Crippen MR) is 77.1 cm³/mol. The summed E-state index contributed by atoms with van der Waals surface area (Å²) in [6, 6.07) is 6.45. The fourth-order valence-electron chi connectivity index (χ4n) is 1.72. The van der Waals surface area contributed by atoms with Crippen LogP contribution in [0, 0.1) is 13.8 Å². The van der Waals surface area contributed by atoms with Crippen LogP contribution in [0.2, 0.25) is 0 Å². The molecule has 2 rings (SSSR count). The highest BCUT2D eigenvalue weighted by Gasteiger charge is 2.07. The Labute approximate surface area is 112 Å². The lowest BCUT2D eigenvalue weighted by Crippen LogP contribution is -2.15. The normalized spacial score (nSPS) is 10.8. The van der Waals surface area contributed by atoms with Crippen molar-refractivity contribution in [2.75, 3.05) is 13.1 Å². The summed E-state index contributed by atoms with van der Waals surface area (Å²) in [5.41, 5.74) is 3.79. The van der Waals surface area contributed by atoms with E-state index in [2.05, 4.69) is 54.5 Å². The average Bonchev–Trinajstić information content (AvgIpc) is 2.82. The van der Waals surface area contributed by atoms with Crippen LogP contribution in [-0.4, -0.2) is 23.3 Å². The van der Waals surface area contributed by atoms with Gasteiger partial charge in [-0.15, -0.1) is 10.2 Å². The molecule has 0 bridgehead atoms. The molecular weight excluding hydrogens is 242 g/mol. The van der Waals surface area contributed by atoms with Gasteiger partial charge in [0.25, 0.3) is 0 Å². The molecule has 0 fully saturated rings. The van der Waals surface area contributed by atoms with E-state index in [1.165, 1.54) is 16.7 Å². The zero-order chi connectivity index (χ0) is 13.0. The van der Waals surface area contributed by atoms with Crippen molar-refractivity contribution in [1.82, 2.24) is 15.5 Å². The van der Waals surface area contributed by atoms with Crippen molar-refractivity contribution >= 4 is 11.3 Å². The highest BCUT2D eigenvalue weighted by Crippen LogP contribution is 2.25. The molecule has 1 N–H and O–H groups in total. The van der Waals surface area contributed by atoms with Gasteiger partial charge in [-0.05, 0) is 37.6 Å². The molecule has 0 aliphatic rings. The molecule has 4 heteroatoms. The number of hydrogen-bond acceptors (Lipinski definition) is 4. The van der Waals surface area contributed by atoms with Gasteiger partial charge in [0, 0.05) is 18.5 Å². The molecule has 0 radical (unpaired) electrons. The molecule has 0 saturated heterocycles. The van der Waals surface area contributed by atoms with Crippen LogP contribution in [0.4, 0.5) is 0 Å². The van der Waals surface area contributed by atoms with Crippen molar-refractivity contribution in [3.63, 3.8) is 0 Å². The second-order valence-corrected chi connectivity index (χ2v) is 5.47. The SMILES string of the molecule is CCNCCc1nnc(-c2ccc(C)c(C)c2)s1. The molecule has 1 heterocycles. The van der Waals surface area contributed by atoms with E-state index in [9.17, 15) is 0 Å². The third-order valence-electron chi connectivity index (χ3n) is 2.99. The quantitative estimate of drug-likeness (QED) is 0.841. The molecule has 2 aromatic rings. The Kier molecular flexibility index (Phi) is 4.44. The maximum absolute atomic E-state index is 4.28. The zero-order valence-electron chi connectivity index (χ0n) is 11.2. The second-order valence-electron chi connectivity index (χ2n) is 4.40. The van der Waals surface area contributed by atoms with Crippen molar-refractivity contribution in [1.29, 1.82) is 0 Å². The van der Waals surface area contributed by atoms with E-state index in [0.29, 0.717) is 0 Å². The molecule has 0 spiro atoms. The number of rotatable bonds is 5. The Hall–Kier alpha value is -1.26. The van der Waals surface area contributed by atoms with Crippen LogP contribution in [0.3, 0.4) is 0 Å². The third kappa shape index (κ3) is 3.15. The molecular formula is C14H19N3S. The number of nitrogens with one attached hydrogen (secondary N) is 1. The van der Waals surface area contributed by atoms with E-state index in [-0.39, 0.29) is 0 Å². The average molecular weight is 261 g/mol. The lowest BCUT2D eigenvalue weighted by molar-refractivity contribution is 0.710. The summed E-state index contributed by atoms with van der Waals surface area (Å²) in [6.07, 6.45) is 0.955. The van der Waals surface area contributed by atoms with Crippen molar-refractivity contribution < 1.29 is 0 Å². The molecule has 18 heavy (non-hydrogen) atoms. The monoisotopic (exact) mass is 261 g/mol. The van der Waals surface area contributed by atoms with Gasteiger partial charge in [0.2, 0.25) is 0 Å². The summed E-state index contributed by atoms with van der Waals surface area (Å²) in [7, 11) is 0. The predicted octanol–water partition coefficient (Wildman–Crippen LogP) is 2.97. The zero-order valence-corrected chi connectivity index (χ0v) is 12.0. The summed E-state index contributed by atoms with van der Waals surface area (Å²) in [4.78, 5) is 0. The van der Waals surface area contributed by atoms with E-state index < -0.39 is 0 Å². The molecule has 0 unspecified atom stereocenters. The van der Waals surface area contributed by atoms with E-state index in [0.717, 1.165) is 29.5 Å². The van der Waals surface area contributed by atoms with Crippen LogP contribution < -0.4 is 5.32 Å². The highest BCUT2D eigenvalue weighted by molar-refractivity contribution is 7.14. The van der Waals surface area contributed by atoms with Crippen LogP contribution in [0.25, 0.3) is 10.6 Å². The first-order chi connectivity index (χ1) is 8.70. The van der Waals surface area contributed by atoms with Crippen LogP contribution in [0.1, 0.15) is 23.1 Å². The standard InChI is InChI=1S/C14H19N3S/c1-4-15-8-7-13-16-17-14(18-13)12-6-5-10(2)11(3)9-12/h5-6,9,15H,4,7-8H2,1-3H3. The van der Waals surface area contributed by atoms with Gasteiger partial charge in [-0.2, -0.15) is 0 Å². The van der Waals surface area contributed by atoms with E-state index in [1.807, 2.05) is 0 Å². The van der Waals surface area contributed by atoms with Crippen molar-refractivity contribution in [3.8, 4) is 10.6 Å². The molecule has 0 atom stereocenters. The number of benzene rings is 1.